The van der Waals surface area contributed by atoms with Crippen LogP contribution in [0.4, 0.5) is 0 Å². The summed E-state index contributed by atoms with van der Waals surface area (Å²) in [5.74, 6) is 0.492. The van der Waals surface area contributed by atoms with Gasteiger partial charge in [0.25, 0.3) is 0 Å². The first kappa shape index (κ1) is 7.78. The smallest absolute Gasteiger partial charge is 0.338 e. The summed E-state index contributed by atoms with van der Waals surface area (Å²) < 4.78 is 7.52. The van der Waals surface area contributed by atoms with Crippen LogP contribution in [0.5, 0.6) is 0 Å². The van der Waals surface area contributed by atoms with Crippen LogP contribution in [0.25, 0.3) is 5.82 Å². The molecule has 6 heteroatoms. The van der Waals surface area contributed by atoms with Gasteiger partial charge in [-0.2, -0.15) is 0 Å². The Morgan fingerprint density at radius 2 is 2.31 bits per heavy atom. The molecule has 0 saturated heterocycles. The molecule has 0 spiro atoms. The molecule has 13 heavy (non-hydrogen) atoms. The van der Waals surface area contributed by atoms with Gasteiger partial charge >= 0.3 is 5.76 Å². The molecule has 0 atom stereocenters. The second kappa shape index (κ2) is 2.58. The molecule has 0 aliphatic rings. The van der Waals surface area contributed by atoms with Crippen LogP contribution >= 0.6 is 0 Å². The predicted octanol–water partition coefficient (Wildman–Crippen LogP) is -0.133. The minimum Gasteiger partial charge on any atom is -0.338 e. The molecular formula is C7H8N4O2. The summed E-state index contributed by atoms with van der Waals surface area (Å²) in [4.78, 5) is 15.1. The van der Waals surface area contributed by atoms with Crippen molar-refractivity contribution in [2.45, 2.75) is 6.92 Å². The molecule has 2 aromatic rings. The molecule has 0 fully saturated rings. The van der Waals surface area contributed by atoms with Crippen molar-refractivity contribution in [2.24, 2.45) is 7.05 Å². The summed E-state index contributed by atoms with van der Waals surface area (Å²) >= 11 is 0. The Morgan fingerprint density at radius 3 is 2.77 bits per heavy atom. The Morgan fingerprint density at radius 1 is 1.54 bits per heavy atom. The van der Waals surface area contributed by atoms with E-state index in [4.69, 9.17) is 0 Å². The molecular weight excluding hydrogens is 172 g/mol. The zero-order valence-electron chi connectivity index (χ0n) is 7.26. The number of aromatic nitrogens is 4. The molecule has 0 aliphatic carbocycles. The molecule has 0 saturated carbocycles. The zero-order valence-corrected chi connectivity index (χ0v) is 7.26. The number of hydrogen-bond donors (Lipinski definition) is 0. The van der Waals surface area contributed by atoms with Crippen LogP contribution in [-0.2, 0) is 7.05 Å². The molecule has 2 heterocycles. The van der Waals surface area contributed by atoms with E-state index in [0.717, 1.165) is 0 Å². The molecule has 68 valence electrons. The summed E-state index contributed by atoms with van der Waals surface area (Å²) in [6, 6.07) is 0. The van der Waals surface area contributed by atoms with Crippen molar-refractivity contribution < 1.29 is 4.52 Å². The van der Waals surface area contributed by atoms with Crippen LogP contribution in [0.3, 0.4) is 0 Å². The predicted molar refractivity (Wildman–Crippen MR) is 43.6 cm³/mol. The van der Waals surface area contributed by atoms with Crippen molar-refractivity contribution >= 4 is 0 Å². The second-order valence-corrected chi connectivity index (χ2v) is 2.73. The standard InChI is InChI=1S/C7H8N4O2/c1-5-9-13-7(12)11(5)6-3-10(2)4-8-6/h3-4H,1-2H3. The normalized spacial score (nSPS) is 10.6. The van der Waals surface area contributed by atoms with Gasteiger partial charge < -0.3 is 4.57 Å². The highest BCUT2D eigenvalue weighted by Gasteiger charge is 2.09. The van der Waals surface area contributed by atoms with Crippen molar-refractivity contribution in [1.82, 2.24) is 19.3 Å². The number of aryl methyl sites for hydroxylation is 2. The highest BCUT2D eigenvalue weighted by atomic mass is 16.5. The van der Waals surface area contributed by atoms with E-state index >= 15 is 0 Å². The van der Waals surface area contributed by atoms with E-state index in [-0.39, 0.29) is 0 Å². The van der Waals surface area contributed by atoms with Crippen molar-refractivity contribution in [3.05, 3.63) is 28.9 Å². The summed E-state index contributed by atoms with van der Waals surface area (Å²) in [6.45, 7) is 1.68. The fraction of sp³-hybridized carbons (Fsp3) is 0.286. The molecule has 0 N–H and O–H groups in total. The van der Waals surface area contributed by atoms with Gasteiger partial charge in [-0.15, -0.1) is 0 Å². The Bertz CT molecular complexity index is 479. The van der Waals surface area contributed by atoms with Crippen LogP contribution in [0, 0.1) is 6.92 Å². The minimum atomic E-state index is -0.517. The summed E-state index contributed by atoms with van der Waals surface area (Å²) in [5.41, 5.74) is 0. The first-order valence-corrected chi connectivity index (χ1v) is 3.72. The minimum absolute atomic E-state index is 0.490. The third-order valence-corrected chi connectivity index (χ3v) is 1.68. The fourth-order valence-corrected chi connectivity index (χ4v) is 1.09. The van der Waals surface area contributed by atoms with E-state index in [0.29, 0.717) is 11.6 Å². The summed E-state index contributed by atoms with van der Waals surface area (Å²) in [6.07, 6.45) is 3.32. The van der Waals surface area contributed by atoms with E-state index in [2.05, 4.69) is 14.7 Å². The topological polar surface area (TPSA) is 65.8 Å². The molecule has 0 radical (unpaired) electrons. The number of hydrogen-bond acceptors (Lipinski definition) is 4. The van der Waals surface area contributed by atoms with E-state index in [1.165, 1.54) is 4.57 Å². The van der Waals surface area contributed by atoms with Crippen molar-refractivity contribution in [3.63, 3.8) is 0 Å². The van der Waals surface area contributed by atoms with Crippen molar-refractivity contribution in [1.29, 1.82) is 0 Å². The van der Waals surface area contributed by atoms with Crippen molar-refractivity contribution in [2.75, 3.05) is 0 Å². The van der Waals surface area contributed by atoms with E-state index < -0.39 is 5.76 Å². The van der Waals surface area contributed by atoms with Crippen molar-refractivity contribution in [3.8, 4) is 5.82 Å². The van der Waals surface area contributed by atoms with Gasteiger partial charge in [0, 0.05) is 13.2 Å². The lowest BCUT2D eigenvalue weighted by molar-refractivity contribution is 0.380. The fourth-order valence-electron chi connectivity index (χ4n) is 1.09. The van der Waals surface area contributed by atoms with E-state index in [9.17, 15) is 4.79 Å². The van der Waals surface area contributed by atoms with E-state index in [1.807, 2.05) is 7.05 Å². The quantitative estimate of drug-likeness (QED) is 0.613. The lowest BCUT2D eigenvalue weighted by Crippen LogP contribution is -2.13. The van der Waals surface area contributed by atoms with Crippen LogP contribution in [0.15, 0.2) is 21.8 Å². The van der Waals surface area contributed by atoms with Crippen LogP contribution < -0.4 is 5.76 Å². The van der Waals surface area contributed by atoms with Gasteiger partial charge in [0.05, 0.1) is 6.33 Å². The average molecular weight is 180 g/mol. The van der Waals surface area contributed by atoms with Gasteiger partial charge in [-0.1, -0.05) is 5.16 Å². The Hall–Kier alpha value is -1.85. The van der Waals surface area contributed by atoms with Crippen LogP contribution in [0.1, 0.15) is 5.82 Å². The van der Waals surface area contributed by atoms with Gasteiger partial charge in [0.2, 0.25) is 0 Å². The molecule has 6 nitrogen and oxygen atoms in total. The third kappa shape index (κ3) is 1.16. The largest absolute Gasteiger partial charge is 0.447 e. The first-order valence-electron chi connectivity index (χ1n) is 3.72. The average Bonchev–Trinajstić information content (AvgIpc) is 2.60. The number of rotatable bonds is 1. The third-order valence-electron chi connectivity index (χ3n) is 1.68. The van der Waals surface area contributed by atoms with Gasteiger partial charge in [0.1, 0.15) is 0 Å². The van der Waals surface area contributed by atoms with Crippen LogP contribution in [-0.4, -0.2) is 19.3 Å². The highest BCUT2D eigenvalue weighted by Crippen LogP contribution is 2.01. The maximum Gasteiger partial charge on any atom is 0.447 e. The number of nitrogens with zero attached hydrogens (tertiary/aromatic N) is 4. The molecule has 0 amide bonds. The monoisotopic (exact) mass is 180 g/mol. The van der Waals surface area contributed by atoms with Gasteiger partial charge in [-0.05, 0) is 6.92 Å². The lowest BCUT2D eigenvalue weighted by Gasteiger charge is -1.92. The highest BCUT2D eigenvalue weighted by molar-refractivity contribution is 5.18. The summed E-state index contributed by atoms with van der Waals surface area (Å²) in [7, 11) is 1.82. The number of imidazole rings is 1. The SMILES string of the molecule is Cc1noc(=O)n1-c1cn(C)cn1. The van der Waals surface area contributed by atoms with Gasteiger partial charge in [0.15, 0.2) is 11.6 Å². The zero-order chi connectivity index (χ0) is 9.42. The second-order valence-electron chi connectivity index (χ2n) is 2.73. The Balaban J connectivity index is 2.64. The summed E-state index contributed by atoms with van der Waals surface area (Å²) in [5, 5.41) is 3.53. The molecule has 2 aromatic heterocycles. The molecule has 0 aromatic carbocycles. The lowest BCUT2D eigenvalue weighted by atomic mass is 10.6. The maximum absolute atomic E-state index is 11.1. The molecule has 0 unspecified atom stereocenters. The maximum atomic E-state index is 11.1. The first-order chi connectivity index (χ1) is 6.18. The van der Waals surface area contributed by atoms with Gasteiger partial charge in [-0.25, -0.2) is 14.3 Å². The van der Waals surface area contributed by atoms with Gasteiger partial charge in [-0.3, -0.25) is 4.52 Å². The Labute approximate surface area is 73.4 Å². The van der Waals surface area contributed by atoms with Crippen LogP contribution in [0.2, 0.25) is 0 Å². The molecule has 0 aliphatic heterocycles. The molecule has 2 rings (SSSR count). The molecule has 0 bridgehead atoms. The Kier molecular flexibility index (Phi) is 1.54. The van der Waals surface area contributed by atoms with E-state index in [1.54, 1.807) is 24.0 Å².